The Kier molecular flexibility index (Phi) is 6.06. The van der Waals surface area contributed by atoms with Crippen LogP contribution in [0.15, 0.2) is 0 Å². The van der Waals surface area contributed by atoms with Crippen molar-refractivity contribution in [2.75, 3.05) is 12.3 Å². The van der Waals surface area contributed by atoms with Gasteiger partial charge >= 0.3 is 0 Å². The third kappa shape index (κ3) is 5.01. The molecule has 0 aliphatic carbocycles. The second kappa shape index (κ2) is 7.32. The summed E-state index contributed by atoms with van der Waals surface area (Å²) in [6, 6.07) is 0.208. The Hall–Kier alpha value is -1.15. The zero-order valence-corrected chi connectivity index (χ0v) is 11.6. The summed E-state index contributed by atoms with van der Waals surface area (Å²) in [4.78, 5) is 11.4. The van der Waals surface area contributed by atoms with Crippen LogP contribution >= 0.6 is 11.8 Å². The SMILES string of the molecule is CC(O)CNC(=O)CSCc1nnnn1C(C)C. The normalized spacial score (nSPS) is 12.7. The standard InChI is InChI=1S/C10H19N5O2S/c1-7(2)15-9(12-13-14-15)5-18-6-10(17)11-4-8(3)16/h7-8,16H,4-6H2,1-3H3,(H,11,17). The molecule has 1 aromatic rings. The molecule has 1 amide bonds. The summed E-state index contributed by atoms with van der Waals surface area (Å²) in [5, 5.41) is 23.1. The van der Waals surface area contributed by atoms with Gasteiger partial charge in [0.15, 0.2) is 5.82 Å². The molecule has 8 heteroatoms. The van der Waals surface area contributed by atoms with Gasteiger partial charge in [0, 0.05) is 6.54 Å². The minimum atomic E-state index is -0.521. The van der Waals surface area contributed by atoms with Crippen molar-refractivity contribution >= 4 is 17.7 Å². The Balaban J connectivity index is 2.29. The number of aliphatic hydroxyl groups is 1. The highest BCUT2D eigenvalue weighted by molar-refractivity contribution is 7.99. The van der Waals surface area contributed by atoms with E-state index in [9.17, 15) is 4.79 Å². The van der Waals surface area contributed by atoms with Crippen LogP contribution < -0.4 is 5.32 Å². The minimum absolute atomic E-state index is 0.0931. The van der Waals surface area contributed by atoms with Gasteiger partial charge in [-0.25, -0.2) is 4.68 Å². The van der Waals surface area contributed by atoms with Crippen molar-refractivity contribution < 1.29 is 9.90 Å². The maximum Gasteiger partial charge on any atom is 0.230 e. The lowest BCUT2D eigenvalue weighted by atomic mass is 10.4. The lowest BCUT2D eigenvalue weighted by Crippen LogP contribution is -2.31. The molecule has 0 saturated carbocycles. The highest BCUT2D eigenvalue weighted by Crippen LogP contribution is 2.12. The molecule has 1 unspecified atom stereocenters. The second-order valence-corrected chi connectivity index (χ2v) is 5.26. The number of hydrogen-bond donors (Lipinski definition) is 2. The molecule has 1 atom stereocenters. The number of carbonyl (C=O) groups is 1. The van der Waals surface area contributed by atoms with Crippen molar-refractivity contribution in [3.63, 3.8) is 0 Å². The molecule has 0 aliphatic heterocycles. The zero-order chi connectivity index (χ0) is 13.5. The van der Waals surface area contributed by atoms with Gasteiger partial charge in [0.1, 0.15) is 0 Å². The summed E-state index contributed by atoms with van der Waals surface area (Å²) in [6.45, 7) is 5.91. The van der Waals surface area contributed by atoms with Crippen molar-refractivity contribution in [1.82, 2.24) is 25.5 Å². The molecule has 0 aromatic carbocycles. The smallest absolute Gasteiger partial charge is 0.230 e. The Labute approximate surface area is 110 Å². The predicted octanol–water partition coefficient (Wildman–Crippen LogP) is -0.0158. The molecule has 0 spiro atoms. The van der Waals surface area contributed by atoms with E-state index in [4.69, 9.17) is 5.11 Å². The van der Waals surface area contributed by atoms with Crippen molar-refractivity contribution in [1.29, 1.82) is 0 Å². The minimum Gasteiger partial charge on any atom is -0.392 e. The average Bonchev–Trinajstić information content (AvgIpc) is 2.74. The summed E-state index contributed by atoms with van der Waals surface area (Å²) >= 11 is 1.45. The van der Waals surface area contributed by atoms with E-state index in [0.717, 1.165) is 5.82 Å². The van der Waals surface area contributed by atoms with Gasteiger partial charge in [0.2, 0.25) is 5.91 Å². The number of thioether (sulfide) groups is 1. The molecular weight excluding hydrogens is 254 g/mol. The molecule has 7 nitrogen and oxygen atoms in total. The Morgan fingerprint density at radius 2 is 2.22 bits per heavy atom. The van der Waals surface area contributed by atoms with Crippen LogP contribution in [0, 0.1) is 0 Å². The van der Waals surface area contributed by atoms with Gasteiger partial charge in [-0.1, -0.05) is 0 Å². The molecule has 0 bridgehead atoms. The number of aromatic nitrogens is 4. The summed E-state index contributed by atoms with van der Waals surface area (Å²) in [5.41, 5.74) is 0. The van der Waals surface area contributed by atoms with E-state index >= 15 is 0 Å². The summed E-state index contributed by atoms with van der Waals surface area (Å²) in [7, 11) is 0. The third-order valence-corrected chi connectivity index (χ3v) is 3.04. The molecule has 1 aromatic heterocycles. The molecule has 102 valence electrons. The van der Waals surface area contributed by atoms with Gasteiger partial charge in [-0.2, -0.15) is 0 Å². The van der Waals surface area contributed by atoms with Gasteiger partial charge in [-0.3, -0.25) is 4.79 Å². The van der Waals surface area contributed by atoms with Crippen LogP contribution in [0.3, 0.4) is 0 Å². The van der Waals surface area contributed by atoms with E-state index < -0.39 is 6.10 Å². The Morgan fingerprint density at radius 1 is 1.50 bits per heavy atom. The van der Waals surface area contributed by atoms with Crippen molar-refractivity contribution in [2.24, 2.45) is 0 Å². The van der Waals surface area contributed by atoms with Crippen molar-refractivity contribution in [2.45, 2.75) is 38.7 Å². The van der Waals surface area contributed by atoms with E-state index in [1.165, 1.54) is 11.8 Å². The number of nitrogens with one attached hydrogen (secondary N) is 1. The number of hydrogen-bond acceptors (Lipinski definition) is 6. The molecule has 2 N–H and O–H groups in total. The largest absolute Gasteiger partial charge is 0.392 e. The summed E-state index contributed by atoms with van der Waals surface area (Å²) in [5.74, 6) is 1.59. The first-order chi connectivity index (χ1) is 8.50. The van der Waals surface area contributed by atoms with Gasteiger partial charge in [0.05, 0.1) is 23.7 Å². The van der Waals surface area contributed by atoms with Crippen LogP contribution in [-0.4, -0.2) is 49.6 Å². The number of carbonyl (C=O) groups excluding carboxylic acids is 1. The first-order valence-corrected chi connectivity index (χ1v) is 6.95. The fourth-order valence-electron chi connectivity index (χ4n) is 1.26. The first-order valence-electron chi connectivity index (χ1n) is 5.80. The van der Waals surface area contributed by atoms with Crippen molar-refractivity contribution in [3.8, 4) is 0 Å². The molecule has 0 saturated heterocycles. The lowest BCUT2D eigenvalue weighted by molar-refractivity contribution is -0.118. The maximum absolute atomic E-state index is 11.4. The third-order valence-electron chi connectivity index (χ3n) is 2.11. The molecule has 1 heterocycles. The van der Waals surface area contributed by atoms with Gasteiger partial charge in [-0.15, -0.1) is 16.9 Å². The lowest BCUT2D eigenvalue weighted by Gasteiger charge is -2.08. The predicted molar refractivity (Wildman–Crippen MR) is 69.1 cm³/mol. The molecule has 0 fully saturated rings. The highest BCUT2D eigenvalue weighted by Gasteiger charge is 2.10. The maximum atomic E-state index is 11.4. The second-order valence-electron chi connectivity index (χ2n) is 4.28. The topological polar surface area (TPSA) is 92.9 Å². The van der Waals surface area contributed by atoms with Crippen LogP contribution in [0.25, 0.3) is 0 Å². The monoisotopic (exact) mass is 273 g/mol. The van der Waals surface area contributed by atoms with Gasteiger partial charge < -0.3 is 10.4 Å². The van der Waals surface area contributed by atoms with Crippen LogP contribution in [0.1, 0.15) is 32.6 Å². The quantitative estimate of drug-likeness (QED) is 0.725. The van der Waals surface area contributed by atoms with E-state index in [1.54, 1.807) is 11.6 Å². The van der Waals surface area contributed by atoms with Crippen LogP contribution in [0.4, 0.5) is 0 Å². The zero-order valence-electron chi connectivity index (χ0n) is 10.8. The molecule has 0 radical (unpaired) electrons. The number of rotatable bonds is 7. The van der Waals surface area contributed by atoms with Crippen LogP contribution in [0.5, 0.6) is 0 Å². The Bertz CT molecular complexity index is 380. The first kappa shape index (κ1) is 14.9. The van der Waals surface area contributed by atoms with Crippen LogP contribution in [-0.2, 0) is 10.5 Å². The van der Waals surface area contributed by atoms with E-state index in [1.807, 2.05) is 13.8 Å². The van der Waals surface area contributed by atoms with E-state index in [-0.39, 0.29) is 18.5 Å². The van der Waals surface area contributed by atoms with Gasteiger partial charge in [-0.05, 0) is 31.2 Å². The molecular formula is C10H19N5O2S. The van der Waals surface area contributed by atoms with E-state index in [2.05, 4.69) is 20.8 Å². The molecule has 1 rings (SSSR count). The molecule has 0 aliphatic rings. The summed E-state index contributed by atoms with van der Waals surface area (Å²) in [6.07, 6.45) is -0.521. The van der Waals surface area contributed by atoms with Gasteiger partial charge in [0.25, 0.3) is 0 Å². The fraction of sp³-hybridized carbons (Fsp3) is 0.800. The van der Waals surface area contributed by atoms with E-state index in [0.29, 0.717) is 11.5 Å². The molecule has 18 heavy (non-hydrogen) atoms. The van der Waals surface area contributed by atoms with Crippen molar-refractivity contribution in [3.05, 3.63) is 5.82 Å². The average molecular weight is 273 g/mol. The highest BCUT2D eigenvalue weighted by atomic mass is 32.2. The fourth-order valence-corrected chi connectivity index (χ4v) is 2.02. The number of aliphatic hydroxyl groups excluding tert-OH is 1. The number of tetrazole rings is 1. The summed E-state index contributed by atoms with van der Waals surface area (Å²) < 4.78 is 1.74. The number of amides is 1. The number of nitrogens with zero attached hydrogens (tertiary/aromatic N) is 4. The Morgan fingerprint density at radius 3 is 2.83 bits per heavy atom. The van der Waals surface area contributed by atoms with Crippen LogP contribution in [0.2, 0.25) is 0 Å².